The largest absolute Gasteiger partial charge is 0.497 e. The van der Waals surface area contributed by atoms with Gasteiger partial charge in [-0.05, 0) is 18.1 Å². The monoisotopic (exact) mass is 352 g/mol. The van der Waals surface area contributed by atoms with Gasteiger partial charge in [-0.15, -0.1) is 0 Å². The smallest absolute Gasteiger partial charge is 0.226 e. The summed E-state index contributed by atoms with van der Waals surface area (Å²) < 4.78 is 10.9. The molecule has 0 saturated heterocycles. The fraction of sp³-hybridized carbons (Fsp3) is 0.316. The van der Waals surface area contributed by atoms with Crippen LogP contribution < -0.4 is 10.1 Å². The number of carbonyl (C=O) groups excluding carboxylic acids is 1. The Kier molecular flexibility index (Phi) is 3.99. The van der Waals surface area contributed by atoms with E-state index in [2.05, 4.69) is 34.5 Å². The van der Waals surface area contributed by atoms with Crippen molar-refractivity contribution < 1.29 is 14.1 Å². The second kappa shape index (κ2) is 6.33. The molecule has 0 unspecified atom stereocenters. The summed E-state index contributed by atoms with van der Waals surface area (Å²) >= 11 is 0. The van der Waals surface area contributed by atoms with Crippen molar-refractivity contribution in [2.24, 2.45) is 0 Å². The summed E-state index contributed by atoms with van der Waals surface area (Å²) in [4.78, 5) is 12.1. The minimum atomic E-state index is -0.237. The number of nitrogens with zero attached hydrogens (tertiary/aromatic N) is 2. The summed E-state index contributed by atoms with van der Waals surface area (Å²) in [6.07, 6.45) is 0.288. The fourth-order valence-electron chi connectivity index (χ4n) is 3.24. The van der Waals surface area contributed by atoms with Crippen LogP contribution in [0.15, 0.2) is 34.9 Å². The number of anilines is 1. The topological polar surface area (TPSA) is 93.0 Å². The summed E-state index contributed by atoms with van der Waals surface area (Å²) in [6.45, 7) is 4.11. The van der Waals surface area contributed by atoms with Gasteiger partial charge in [-0.1, -0.05) is 31.1 Å². The molecule has 26 heavy (non-hydrogen) atoms. The van der Waals surface area contributed by atoms with Crippen LogP contribution in [-0.2, 0) is 4.79 Å². The van der Waals surface area contributed by atoms with Gasteiger partial charge in [0.2, 0.25) is 5.91 Å². The first-order valence-electron chi connectivity index (χ1n) is 8.56. The standard InChI is InChI=1S/C19H20N4O3/c1-10(2)14-9-15(26-23-14)13-8-16(24)20-19-17(13)18(21-22-19)11-5-4-6-12(7-11)25-3/h4-7,9-10,13H,8H2,1-3H3,(H2,20,21,22,24)/t13-/m1/s1. The molecule has 0 radical (unpaired) electrons. The molecule has 0 bridgehead atoms. The lowest BCUT2D eigenvalue weighted by Crippen LogP contribution is -2.23. The van der Waals surface area contributed by atoms with Crippen molar-refractivity contribution in [1.29, 1.82) is 0 Å². The summed E-state index contributed by atoms with van der Waals surface area (Å²) in [5.41, 5.74) is 3.55. The van der Waals surface area contributed by atoms with Gasteiger partial charge in [0.25, 0.3) is 0 Å². The zero-order chi connectivity index (χ0) is 18.3. The first kappa shape index (κ1) is 16.4. The van der Waals surface area contributed by atoms with E-state index in [4.69, 9.17) is 9.26 Å². The van der Waals surface area contributed by atoms with Gasteiger partial charge < -0.3 is 14.6 Å². The molecule has 1 aliphatic rings. The van der Waals surface area contributed by atoms with E-state index in [-0.39, 0.29) is 24.2 Å². The maximum atomic E-state index is 12.1. The van der Waals surface area contributed by atoms with E-state index in [0.29, 0.717) is 11.6 Å². The van der Waals surface area contributed by atoms with E-state index >= 15 is 0 Å². The van der Waals surface area contributed by atoms with Crippen molar-refractivity contribution in [3.05, 3.63) is 47.3 Å². The Morgan fingerprint density at radius 3 is 2.88 bits per heavy atom. The number of hydrogen-bond donors (Lipinski definition) is 2. The van der Waals surface area contributed by atoms with E-state index in [1.54, 1.807) is 7.11 Å². The lowest BCUT2D eigenvalue weighted by Gasteiger charge is -2.21. The molecule has 1 aliphatic heterocycles. The van der Waals surface area contributed by atoms with Gasteiger partial charge in [0, 0.05) is 23.6 Å². The van der Waals surface area contributed by atoms with Crippen LogP contribution in [0, 0.1) is 0 Å². The number of aromatic amines is 1. The SMILES string of the molecule is COc1cccc(-c2[nH]nc3c2[C@@H](c2cc(C(C)C)no2)CC(=O)N3)c1. The van der Waals surface area contributed by atoms with Gasteiger partial charge >= 0.3 is 0 Å². The molecule has 4 rings (SSSR count). The van der Waals surface area contributed by atoms with Gasteiger partial charge in [0.15, 0.2) is 5.82 Å². The van der Waals surface area contributed by atoms with E-state index in [9.17, 15) is 4.79 Å². The molecular formula is C19H20N4O3. The Balaban J connectivity index is 1.82. The van der Waals surface area contributed by atoms with Gasteiger partial charge in [0.05, 0.1) is 24.4 Å². The number of carbonyl (C=O) groups is 1. The number of nitrogens with one attached hydrogen (secondary N) is 2. The number of methoxy groups -OCH3 is 1. The van der Waals surface area contributed by atoms with E-state index in [1.807, 2.05) is 30.3 Å². The van der Waals surface area contributed by atoms with Gasteiger partial charge in [-0.3, -0.25) is 9.89 Å². The zero-order valence-electron chi connectivity index (χ0n) is 14.9. The number of aromatic nitrogens is 3. The van der Waals surface area contributed by atoms with Crippen molar-refractivity contribution in [1.82, 2.24) is 15.4 Å². The molecule has 2 aromatic heterocycles. The summed E-state index contributed by atoms with van der Waals surface area (Å²) in [6, 6.07) is 9.64. The second-order valence-electron chi connectivity index (χ2n) is 6.71. The van der Waals surface area contributed by atoms with Crippen molar-refractivity contribution in [3.63, 3.8) is 0 Å². The van der Waals surface area contributed by atoms with E-state index in [1.165, 1.54) is 0 Å². The molecule has 0 aliphatic carbocycles. The molecule has 3 aromatic rings. The van der Waals surface area contributed by atoms with Crippen LogP contribution in [0.4, 0.5) is 5.82 Å². The minimum absolute atomic E-state index is 0.0892. The quantitative estimate of drug-likeness (QED) is 0.747. The Labute approximate surface area is 150 Å². The maximum Gasteiger partial charge on any atom is 0.226 e. The van der Waals surface area contributed by atoms with E-state index < -0.39 is 0 Å². The summed E-state index contributed by atoms with van der Waals surface area (Å²) in [7, 11) is 1.63. The predicted molar refractivity (Wildman–Crippen MR) is 96.3 cm³/mol. The van der Waals surface area contributed by atoms with Crippen LogP contribution in [0.5, 0.6) is 5.75 Å². The lowest BCUT2D eigenvalue weighted by molar-refractivity contribution is -0.116. The van der Waals surface area contributed by atoms with Crippen molar-refractivity contribution in [3.8, 4) is 17.0 Å². The Bertz CT molecular complexity index is 957. The van der Waals surface area contributed by atoms with Crippen molar-refractivity contribution in [2.45, 2.75) is 32.1 Å². The van der Waals surface area contributed by atoms with Gasteiger partial charge in [-0.2, -0.15) is 5.10 Å². The Hall–Kier alpha value is -3.09. The number of ether oxygens (including phenoxy) is 1. The van der Waals surface area contributed by atoms with Crippen LogP contribution in [0.25, 0.3) is 11.3 Å². The first-order chi connectivity index (χ1) is 12.6. The maximum absolute atomic E-state index is 12.1. The van der Waals surface area contributed by atoms with Crippen LogP contribution >= 0.6 is 0 Å². The molecule has 1 atom stereocenters. The number of benzene rings is 1. The number of hydrogen-bond acceptors (Lipinski definition) is 5. The van der Waals surface area contributed by atoms with Crippen molar-refractivity contribution >= 4 is 11.7 Å². The normalized spacial score (nSPS) is 16.5. The third-order valence-corrected chi connectivity index (χ3v) is 4.64. The highest BCUT2D eigenvalue weighted by molar-refractivity contribution is 5.95. The van der Waals surface area contributed by atoms with Crippen LogP contribution in [0.3, 0.4) is 0 Å². The molecule has 0 fully saturated rings. The molecule has 7 heteroatoms. The predicted octanol–water partition coefficient (Wildman–Crippen LogP) is 3.67. The van der Waals surface area contributed by atoms with Crippen LogP contribution in [-0.4, -0.2) is 28.4 Å². The average molecular weight is 352 g/mol. The molecule has 0 saturated carbocycles. The molecule has 3 heterocycles. The molecule has 0 spiro atoms. The number of amides is 1. The highest BCUT2D eigenvalue weighted by Gasteiger charge is 2.34. The Morgan fingerprint density at radius 1 is 1.31 bits per heavy atom. The fourth-order valence-corrected chi connectivity index (χ4v) is 3.24. The number of H-pyrrole nitrogens is 1. The third kappa shape index (κ3) is 2.75. The molecule has 134 valence electrons. The average Bonchev–Trinajstić information content (AvgIpc) is 3.28. The first-order valence-corrected chi connectivity index (χ1v) is 8.56. The Morgan fingerprint density at radius 2 is 2.15 bits per heavy atom. The molecule has 2 N–H and O–H groups in total. The summed E-state index contributed by atoms with van der Waals surface area (Å²) in [5.74, 6) is 1.89. The third-order valence-electron chi connectivity index (χ3n) is 4.64. The summed E-state index contributed by atoms with van der Waals surface area (Å²) in [5, 5.41) is 14.3. The zero-order valence-corrected chi connectivity index (χ0v) is 14.9. The lowest BCUT2D eigenvalue weighted by atomic mass is 9.87. The van der Waals surface area contributed by atoms with Gasteiger partial charge in [-0.25, -0.2) is 0 Å². The highest BCUT2D eigenvalue weighted by Crippen LogP contribution is 2.42. The molecule has 7 nitrogen and oxygen atoms in total. The van der Waals surface area contributed by atoms with Crippen LogP contribution in [0.1, 0.15) is 49.1 Å². The molecule has 1 aromatic carbocycles. The molecule has 1 amide bonds. The number of rotatable bonds is 4. The highest BCUT2D eigenvalue weighted by atomic mass is 16.5. The minimum Gasteiger partial charge on any atom is -0.497 e. The van der Waals surface area contributed by atoms with Crippen LogP contribution in [0.2, 0.25) is 0 Å². The van der Waals surface area contributed by atoms with Gasteiger partial charge in [0.1, 0.15) is 11.5 Å². The molecular weight excluding hydrogens is 332 g/mol. The van der Waals surface area contributed by atoms with E-state index in [0.717, 1.165) is 28.3 Å². The number of fused-ring (bicyclic) bond motifs is 1. The second-order valence-corrected chi connectivity index (χ2v) is 6.71. The van der Waals surface area contributed by atoms with Crippen molar-refractivity contribution in [2.75, 3.05) is 12.4 Å².